The predicted octanol–water partition coefficient (Wildman–Crippen LogP) is 2.82. The van der Waals surface area contributed by atoms with Crippen LogP contribution in [0, 0.1) is 5.41 Å². The summed E-state index contributed by atoms with van der Waals surface area (Å²) in [6.07, 6.45) is 1.72. The minimum atomic E-state index is -0.281. The lowest BCUT2D eigenvalue weighted by molar-refractivity contribution is -0.0748. The fourth-order valence-electron chi connectivity index (χ4n) is 3.46. The molecule has 2 aromatic rings. The molecule has 0 unspecified atom stereocenters. The van der Waals surface area contributed by atoms with Crippen LogP contribution in [-0.2, 0) is 13.1 Å². The molecule has 0 radical (unpaired) electrons. The first-order chi connectivity index (χ1) is 11.2. The normalized spacial score (nSPS) is 17.2. The van der Waals surface area contributed by atoms with Crippen molar-refractivity contribution in [2.45, 2.75) is 32.0 Å². The van der Waals surface area contributed by atoms with Gasteiger partial charge in [0.1, 0.15) is 0 Å². The molecular weight excluding hydrogens is 286 g/mol. The lowest BCUT2D eigenvalue weighted by atomic mass is 9.65. The smallest absolute Gasteiger partial charge is 0.0510 e. The highest BCUT2D eigenvalue weighted by Crippen LogP contribution is 2.43. The molecule has 0 aliphatic heterocycles. The first-order valence-corrected chi connectivity index (χ1v) is 8.28. The highest BCUT2D eigenvalue weighted by atomic mass is 16.3. The van der Waals surface area contributed by atoms with E-state index in [1.54, 1.807) is 0 Å². The Morgan fingerprint density at radius 1 is 0.783 bits per heavy atom. The third-order valence-corrected chi connectivity index (χ3v) is 4.98. The number of rotatable bonds is 7. The summed E-state index contributed by atoms with van der Waals surface area (Å²) in [5.74, 6) is 0. The lowest BCUT2D eigenvalue weighted by Gasteiger charge is -2.50. The van der Waals surface area contributed by atoms with E-state index in [1.165, 1.54) is 11.1 Å². The average Bonchev–Trinajstić information content (AvgIpc) is 2.56. The molecule has 3 nitrogen and oxygen atoms in total. The summed E-state index contributed by atoms with van der Waals surface area (Å²) in [7, 11) is 0. The van der Waals surface area contributed by atoms with Crippen molar-refractivity contribution in [1.82, 2.24) is 4.90 Å². The van der Waals surface area contributed by atoms with Gasteiger partial charge in [0, 0.05) is 24.5 Å². The Hall–Kier alpha value is -1.68. The predicted molar refractivity (Wildman–Crippen MR) is 91.8 cm³/mol. The van der Waals surface area contributed by atoms with E-state index in [1.807, 2.05) is 12.1 Å². The van der Waals surface area contributed by atoms with Gasteiger partial charge in [-0.2, -0.15) is 0 Å². The standard InChI is InChI=1S/C20H25NO2/c22-15-20(16-23)11-19(12-20)21(13-17-7-3-1-4-8-17)14-18-9-5-2-6-10-18/h1-10,19,22-23H,11-16H2. The van der Waals surface area contributed by atoms with Crippen molar-refractivity contribution in [3.8, 4) is 0 Å². The Morgan fingerprint density at radius 2 is 1.22 bits per heavy atom. The van der Waals surface area contributed by atoms with Crippen LogP contribution in [0.1, 0.15) is 24.0 Å². The highest BCUT2D eigenvalue weighted by molar-refractivity contribution is 5.18. The van der Waals surface area contributed by atoms with Crippen molar-refractivity contribution in [3.63, 3.8) is 0 Å². The molecule has 0 bridgehead atoms. The summed E-state index contributed by atoms with van der Waals surface area (Å²) < 4.78 is 0. The van der Waals surface area contributed by atoms with E-state index in [2.05, 4.69) is 53.4 Å². The summed E-state index contributed by atoms with van der Waals surface area (Å²) in [6, 6.07) is 21.4. The fraction of sp³-hybridized carbons (Fsp3) is 0.400. The molecule has 3 rings (SSSR count). The lowest BCUT2D eigenvalue weighted by Crippen LogP contribution is -2.53. The molecule has 0 saturated heterocycles. The van der Waals surface area contributed by atoms with Gasteiger partial charge in [-0.05, 0) is 24.0 Å². The quantitative estimate of drug-likeness (QED) is 0.826. The SMILES string of the molecule is OCC1(CO)CC(N(Cc2ccccc2)Cc2ccccc2)C1. The van der Waals surface area contributed by atoms with E-state index in [4.69, 9.17) is 0 Å². The molecule has 122 valence electrons. The van der Waals surface area contributed by atoms with Gasteiger partial charge in [-0.3, -0.25) is 4.90 Å². The molecular formula is C20H25NO2. The maximum Gasteiger partial charge on any atom is 0.0510 e. The van der Waals surface area contributed by atoms with Gasteiger partial charge in [0.25, 0.3) is 0 Å². The van der Waals surface area contributed by atoms with Gasteiger partial charge in [0.05, 0.1) is 13.2 Å². The monoisotopic (exact) mass is 311 g/mol. The van der Waals surface area contributed by atoms with Gasteiger partial charge in [-0.25, -0.2) is 0 Å². The van der Waals surface area contributed by atoms with Gasteiger partial charge in [0.15, 0.2) is 0 Å². The fourth-order valence-corrected chi connectivity index (χ4v) is 3.46. The number of hydrogen-bond donors (Lipinski definition) is 2. The molecule has 0 atom stereocenters. The minimum absolute atomic E-state index is 0.0739. The summed E-state index contributed by atoms with van der Waals surface area (Å²) >= 11 is 0. The van der Waals surface area contributed by atoms with E-state index in [-0.39, 0.29) is 18.6 Å². The molecule has 0 aromatic heterocycles. The third-order valence-electron chi connectivity index (χ3n) is 4.98. The number of aliphatic hydroxyl groups is 2. The molecule has 0 amide bonds. The zero-order chi connectivity index (χ0) is 16.1. The molecule has 2 aromatic carbocycles. The number of benzene rings is 2. The van der Waals surface area contributed by atoms with E-state index < -0.39 is 0 Å². The largest absolute Gasteiger partial charge is 0.396 e. The van der Waals surface area contributed by atoms with E-state index in [9.17, 15) is 10.2 Å². The second kappa shape index (κ2) is 7.26. The van der Waals surface area contributed by atoms with E-state index >= 15 is 0 Å². The van der Waals surface area contributed by atoms with E-state index in [0.29, 0.717) is 6.04 Å². The zero-order valence-corrected chi connectivity index (χ0v) is 13.4. The number of hydrogen-bond acceptors (Lipinski definition) is 3. The third kappa shape index (κ3) is 3.81. The average molecular weight is 311 g/mol. The van der Waals surface area contributed by atoms with Crippen molar-refractivity contribution in [3.05, 3.63) is 71.8 Å². The van der Waals surface area contributed by atoms with Crippen LogP contribution in [0.3, 0.4) is 0 Å². The van der Waals surface area contributed by atoms with Crippen molar-refractivity contribution < 1.29 is 10.2 Å². The molecule has 2 N–H and O–H groups in total. The highest BCUT2D eigenvalue weighted by Gasteiger charge is 2.45. The number of aliphatic hydroxyl groups excluding tert-OH is 2. The molecule has 1 saturated carbocycles. The van der Waals surface area contributed by atoms with Crippen molar-refractivity contribution in [2.75, 3.05) is 13.2 Å². The van der Waals surface area contributed by atoms with Crippen LogP contribution in [-0.4, -0.2) is 34.4 Å². The van der Waals surface area contributed by atoms with Gasteiger partial charge in [-0.15, -0.1) is 0 Å². The van der Waals surface area contributed by atoms with Gasteiger partial charge < -0.3 is 10.2 Å². The second-order valence-electron chi connectivity index (χ2n) is 6.75. The van der Waals surface area contributed by atoms with Crippen molar-refractivity contribution in [1.29, 1.82) is 0 Å². The Bertz CT molecular complexity index is 546. The maximum atomic E-state index is 9.54. The van der Waals surface area contributed by atoms with Crippen molar-refractivity contribution >= 4 is 0 Å². The Kier molecular flexibility index (Phi) is 5.11. The van der Waals surface area contributed by atoms with Crippen LogP contribution in [0.4, 0.5) is 0 Å². The zero-order valence-electron chi connectivity index (χ0n) is 13.4. The summed E-state index contributed by atoms with van der Waals surface area (Å²) in [5.41, 5.74) is 2.32. The topological polar surface area (TPSA) is 43.7 Å². The molecule has 0 spiro atoms. The minimum Gasteiger partial charge on any atom is -0.396 e. The Labute approximate surface area is 138 Å². The summed E-state index contributed by atoms with van der Waals surface area (Å²) in [5, 5.41) is 19.1. The molecule has 1 aliphatic rings. The van der Waals surface area contributed by atoms with Crippen LogP contribution < -0.4 is 0 Å². The van der Waals surface area contributed by atoms with E-state index in [0.717, 1.165) is 25.9 Å². The number of nitrogens with zero attached hydrogens (tertiary/aromatic N) is 1. The molecule has 1 aliphatic carbocycles. The van der Waals surface area contributed by atoms with Crippen LogP contribution >= 0.6 is 0 Å². The molecule has 1 fully saturated rings. The Morgan fingerprint density at radius 3 is 1.61 bits per heavy atom. The van der Waals surface area contributed by atoms with Crippen molar-refractivity contribution in [2.24, 2.45) is 5.41 Å². The van der Waals surface area contributed by atoms with Gasteiger partial charge in [-0.1, -0.05) is 60.7 Å². The first-order valence-electron chi connectivity index (χ1n) is 8.28. The van der Waals surface area contributed by atoms with Gasteiger partial charge >= 0.3 is 0 Å². The van der Waals surface area contributed by atoms with Gasteiger partial charge in [0.2, 0.25) is 0 Å². The molecule has 3 heteroatoms. The van der Waals surface area contributed by atoms with Crippen LogP contribution in [0.25, 0.3) is 0 Å². The summed E-state index contributed by atoms with van der Waals surface area (Å²) in [4.78, 5) is 2.47. The first kappa shape index (κ1) is 16.2. The molecule has 23 heavy (non-hydrogen) atoms. The Balaban J connectivity index is 1.72. The second-order valence-corrected chi connectivity index (χ2v) is 6.75. The maximum absolute atomic E-state index is 9.54. The molecule has 0 heterocycles. The van der Waals surface area contributed by atoms with Crippen LogP contribution in [0.15, 0.2) is 60.7 Å². The summed E-state index contributed by atoms with van der Waals surface area (Å²) in [6.45, 7) is 1.94. The van der Waals surface area contributed by atoms with Crippen LogP contribution in [0.5, 0.6) is 0 Å². The van der Waals surface area contributed by atoms with Crippen LogP contribution in [0.2, 0.25) is 0 Å².